The molecule has 1 amide bonds. The minimum atomic E-state index is -0.431. The van der Waals surface area contributed by atoms with Gasteiger partial charge >= 0.3 is 0 Å². The summed E-state index contributed by atoms with van der Waals surface area (Å²) < 4.78 is 20.9. The lowest BCUT2D eigenvalue weighted by Gasteiger charge is -2.22. The van der Waals surface area contributed by atoms with Gasteiger partial charge in [0.1, 0.15) is 12.1 Å². The van der Waals surface area contributed by atoms with Crippen LogP contribution in [0.4, 0.5) is 4.39 Å². The van der Waals surface area contributed by atoms with Crippen molar-refractivity contribution in [2.24, 2.45) is 0 Å². The molecule has 0 aliphatic carbocycles. The summed E-state index contributed by atoms with van der Waals surface area (Å²) in [6.07, 6.45) is 3.33. The summed E-state index contributed by atoms with van der Waals surface area (Å²) in [5.41, 5.74) is 2.37. The molecule has 1 fully saturated rings. The van der Waals surface area contributed by atoms with Crippen molar-refractivity contribution in [1.29, 1.82) is 0 Å². The maximum atomic E-state index is 13.8. The Bertz CT molecular complexity index is 1010. The molecule has 5 rings (SSSR count). The highest BCUT2D eigenvalue weighted by atomic mass is 19.1. The smallest absolute Gasteiger partial charge is 0.278 e. The van der Waals surface area contributed by atoms with Crippen molar-refractivity contribution >= 4 is 5.91 Å². The molecule has 1 saturated heterocycles. The van der Waals surface area contributed by atoms with Gasteiger partial charge in [-0.25, -0.2) is 9.37 Å². The van der Waals surface area contributed by atoms with Crippen LogP contribution in [0.25, 0.3) is 17.3 Å². The minimum absolute atomic E-state index is 0.146. The normalized spacial score (nSPS) is 18.7. The number of hydrogen-bond acceptors (Lipinski definition) is 5. The van der Waals surface area contributed by atoms with Gasteiger partial charge in [0.05, 0.1) is 23.0 Å². The van der Waals surface area contributed by atoms with Crippen LogP contribution < -0.4 is 0 Å². The number of halogens is 1. The second kappa shape index (κ2) is 4.98. The first-order valence-electron chi connectivity index (χ1n) is 8.12. The number of hydrogen-bond donors (Lipinski definition) is 0. The van der Waals surface area contributed by atoms with E-state index in [1.165, 1.54) is 12.1 Å². The lowest BCUT2D eigenvalue weighted by atomic mass is 10.1. The molecule has 8 heteroatoms. The van der Waals surface area contributed by atoms with Crippen molar-refractivity contribution in [3.05, 3.63) is 47.4 Å². The summed E-state index contributed by atoms with van der Waals surface area (Å²) >= 11 is 0. The summed E-state index contributed by atoms with van der Waals surface area (Å²) in [6.45, 7) is 2.37. The number of rotatable bonds is 1. The molecule has 25 heavy (non-hydrogen) atoms. The van der Waals surface area contributed by atoms with Crippen LogP contribution in [-0.4, -0.2) is 37.0 Å². The second-order valence-corrected chi connectivity index (χ2v) is 6.31. The van der Waals surface area contributed by atoms with Crippen molar-refractivity contribution in [3.63, 3.8) is 0 Å². The number of carbonyl (C=O) groups excluding carboxylic acids is 1. The van der Waals surface area contributed by atoms with Gasteiger partial charge in [-0.15, -0.1) is 0 Å². The monoisotopic (exact) mass is 339 g/mol. The van der Waals surface area contributed by atoms with Crippen molar-refractivity contribution < 1.29 is 13.7 Å². The zero-order chi connectivity index (χ0) is 17.1. The van der Waals surface area contributed by atoms with Gasteiger partial charge in [0.25, 0.3) is 11.8 Å². The van der Waals surface area contributed by atoms with Gasteiger partial charge in [0.15, 0.2) is 11.5 Å². The molecule has 0 spiro atoms. The first kappa shape index (κ1) is 14.3. The minimum Gasteiger partial charge on any atom is -0.332 e. The molecule has 7 nitrogen and oxygen atoms in total. The SMILES string of the molecule is Cc1noc(-c2ncn3c2[C@@H]2CCCN2C(=O)c2cc(F)ccc2-3)n1. The zero-order valence-electron chi connectivity index (χ0n) is 13.4. The largest absolute Gasteiger partial charge is 0.332 e. The third-order valence-electron chi connectivity index (χ3n) is 4.81. The highest BCUT2D eigenvalue weighted by Gasteiger charge is 2.40. The Labute approximate surface area is 142 Å². The van der Waals surface area contributed by atoms with E-state index in [4.69, 9.17) is 4.52 Å². The van der Waals surface area contributed by atoms with Gasteiger partial charge in [-0.05, 0) is 38.0 Å². The summed E-state index contributed by atoms with van der Waals surface area (Å²) in [4.78, 5) is 23.5. The molecule has 1 aromatic carbocycles. The standard InChI is InChI=1S/C17H14FN5O2/c1-9-20-16(25-21-9)14-15-13-3-2-6-22(13)17(24)11-7-10(18)4-5-12(11)23(15)8-19-14/h4-5,7-8,13H,2-3,6H2,1H3/t13-/m0/s1. The lowest BCUT2D eigenvalue weighted by molar-refractivity contribution is 0.0738. The molecule has 3 aromatic rings. The molecule has 2 aliphatic heterocycles. The quantitative estimate of drug-likeness (QED) is 0.681. The molecule has 4 heterocycles. The molecule has 0 radical (unpaired) electrons. The Kier molecular flexibility index (Phi) is 2.85. The van der Waals surface area contributed by atoms with Crippen LogP contribution in [0.2, 0.25) is 0 Å². The molecule has 0 unspecified atom stereocenters. The lowest BCUT2D eigenvalue weighted by Crippen LogP contribution is -2.29. The van der Waals surface area contributed by atoms with E-state index in [9.17, 15) is 9.18 Å². The van der Waals surface area contributed by atoms with E-state index in [1.807, 2.05) is 4.57 Å². The van der Waals surface area contributed by atoms with Crippen LogP contribution >= 0.6 is 0 Å². The average molecular weight is 339 g/mol. The van der Waals surface area contributed by atoms with Crippen LogP contribution in [0.15, 0.2) is 29.0 Å². The average Bonchev–Trinajstić information content (AvgIpc) is 3.30. The molecule has 0 saturated carbocycles. The number of nitrogens with zero attached hydrogens (tertiary/aromatic N) is 5. The zero-order valence-corrected chi connectivity index (χ0v) is 13.4. The fourth-order valence-corrected chi connectivity index (χ4v) is 3.76. The van der Waals surface area contributed by atoms with E-state index in [0.717, 1.165) is 18.5 Å². The van der Waals surface area contributed by atoms with Gasteiger partial charge in [-0.1, -0.05) is 5.16 Å². The number of aromatic nitrogens is 4. The predicted octanol–water partition coefficient (Wildman–Crippen LogP) is 2.66. The van der Waals surface area contributed by atoms with Crippen molar-refractivity contribution in [2.45, 2.75) is 25.8 Å². The van der Waals surface area contributed by atoms with Gasteiger partial charge in [-0.2, -0.15) is 4.98 Å². The second-order valence-electron chi connectivity index (χ2n) is 6.31. The Morgan fingerprint density at radius 2 is 2.24 bits per heavy atom. The number of fused-ring (bicyclic) bond motifs is 5. The number of carbonyl (C=O) groups is 1. The number of aryl methyl sites for hydroxylation is 1. The van der Waals surface area contributed by atoms with Crippen LogP contribution in [0, 0.1) is 12.7 Å². The van der Waals surface area contributed by atoms with Gasteiger partial charge in [0, 0.05) is 6.54 Å². The maximum Gasteiger partial charge on any atom is 0.278 e. The van der Waals surface area contributed by atoms with E-state index in [0.29, 0.717) is 35.2 Å². The van der Waals surface area contributed by atoms with Crippen molar-refractivity contribution in [2.75, 3.05) is 6.54 Å². The van der Waals surface area contributed by atoms with E-state index < -0.39 is 5.82 Å². The van der Waals surface area contributed by atoms with Crippen LogP contribution in [0.5, 0.6) is 0 Å². The molecule has 2 aromatic heterocycles. The summed E-state index contributed by atoms with van der Waals surface area (Å²) in [5.74, 6) is 0.260. The van der Waals surface area contributed by atoms with Crippen LogP contribution in [0.1, 0.15) is 40.8 Å². The van der Waals surface area contributed by atoms with Gasteiger partial charge < -0.3 is 9.42 Å². The van der Waals surface area contributed by atoms with Gasteiger partial charge in [0.2, 0.25) is 0 Å². The Hall–Kier alpha value is -3.03. The van der Waals surface area contributed by atoms with E-state index >= 15 is 0 Å². The number of imidazole rings is 1. The van der Waals surface area contributed by atoms with E-state index in [-0.39, 0.29) is 11.9 Å². The first-order valence-corrected chi connectivity index (χ1v) is 8.12. The molecule has 1 atom stereocenters. The van der Waals surface area contributed by atoms with Crippen molar-refractivity contribution in [3.8, 4) is 17.3 Å². The van der Waals surface area contributed by atoms with Gasteiger partial charge in [-0.3, -0.25) is 9.36 Å². The summed E-state index contributed by atoms with van der Waals surface area (Å²) in [6, 6.07) is 4.10. The third-order valence-corrected chi connectivity index (χ3v) is 4.81. The predicted molar refractivity (Wildman–Crippen MR) is 84.6 cm³/mol. The Morgan fingerprint density at radius 3 is 3.04 bits per heavy atom. The topological polar surface area (TPSA) is 77.0 Å². The molecular formula is C17H14FN5O2. The van der Waals surface area contributed by atoms with Crippen LogP contribution in [-0.2, 0) is 0 Å². The number of amides is 1. The van der Waals surface area contributed by atoms with E-state index in [1.54, 1.807) is 24.2 Å². The molecule has 2 aliphatic rings. The molecule has 0 bridgehead atoms. The Morgan fingerprint density at radius 1 is 1.36 bits per heavy atom. The molecular weight excluding hydrogens is 325 g/mol. The first-order chi connectivity index (χ1) is 12.1. The maximum absolute atomic E-state index is 13.8. The molecule has 126 valence electrons. The highest BCUT2D eigenvalue weighted by molar-refractivity contribution is 5.99. The molecule has 0 N–H and O–H groups in total. The van der Waals surface area contributed by atoms with Crippen LogP contribution in [0.3, 0.4) is 0 Å². The third kappa shape index (κ3) is 1.97. The Balaban J connectivity index is 1.80. The van der Waals surface area contributed by atoms with E-state index in [2.05, 4.69) is 15.1 Å². The number of benzene rings is 1. The highest BCUT2D eigenvalue weighted by Crippen LogP contribution is 2.42. The van der Waals surface area contributed by atoms with Crippen molar-refractivity contribution in [1.82, 2.24) is 24.6 Å². The summed E-state index contributed by atoms with van der Waals surface area (Å²) in [7, 11) is 0. The fourth-order valence-electron chi connectivity index (χ4n) is 3.76. The summed E-state index contributed by atoms with van der Waals surface area (Å²) in [5, 5.41) is 3.84. The fraction of sp³-hybridized carbons (Fsp3) is 0.294.